The molecule has 0 aliphatic rings. The summed E-state index contributed by atoms with van der Waals surface area (Å²) in [5.41, 5.74) is 0.825. The van der Waals surface area contributed by atoms with Gasteiger partial charge < -0.3 is 0 Å². The van der Waals surface area contributed by atoms with Gasteiger partial charge in [-0.1, -0.05) is 33.6 Å². The lowest BCUT2D eigenvalue weighted by Gasteiger charge is -1.99. The van der Waals surface area contributed by atoms with Crippen molar-refractivity contribution in [2.45, 2.75) is 0 Å². The predicted molar refractivity (Wildman–Crippen MR) is 54.3 cm³/mol. The normalized spacial score (nSPS) is 10.5. The topological polar surface area (TPSA) is 17.1 Å². The SMILES string of the molecule is O=CC=Cc1c(Cl)cccc1Br. The zero-order chi connectivity index (χ0) is 8.97. The molecule has 0 saturated carbocycles. The van der Waals surface area contributed by atoms with Crippen LogP contribution in [0, 0.1) is 0 Å². The first-order chi connectivity index (χ1) is 5.75. The Morgan fingerprint density at radius 3 is 2.75 bits per heavy atom. The highest BCUT2D eigenvalue weighted by atomic mass is 79.9. The number of rotatable bonds is 2. The largest absolute Gasteiger partial charge is 0.299 e. The van der Waals surface area contributed by atoms with Crippen LogP contribution in [0.4, 0.5) is 0 Å². The fraction of sp³-hybridized carbons (Fsp3) is 0. The van der Waals surface area contributed by atoms with Gasteiger partial charge in [0.05, 0.1) is 0 Å². The summed E-state index contributed by atoms with van der Waals surface area (Å²) in [6.45, 7) is 0. The number of aldehydes is 1. The third-order valence-electron chi connectivity index (χ3n) is 1.34. The molecule has 0 atom stereocenters. The molecule has 62 valence electrons. The van der Waals surface area contributed by atoms with Crippen LogP contribution in [0.15, 0.2) is 28.7 Å². The molecule has 0 aliphatic heterocycles. The molecule has 3 heteroatoms. The van der Waals surface area contributed by atoms with Crippen molar-refractivity contribution < 1.29 is 4.79 Å². The molecular weight excluding hydrogens is 239 g/mol. The highest BCUT2D eigenvalue weighted by molar-refractivity contribution is 9.10. The highest BCUT2D eigenvalue weighted by Crippen LogP contribution is 2.25. The molecule has 0 aliphatic carbocycles. The van der Waals surface area contributed by atoms with E-state index in [0.29, 0.717) is 5.02 Å². The van der Waals surface area contributed by atoms with Crippen LogP contribution in [0.25, 0.3) is 6.08 Å². The highest BCUT2D eigenvalue weighted by Gasteiger charge is 1.99. The van der Waals surface area contributed by atoms with E-state index >= 15 is 0 Å². The summed E-state index contributed by atoms with van der Waals surface area (Å²) < 4.78 is 0.883. The van der Waals surface area contributed by atoms with Crippen molar-refractivity contribution in [2.24, 2.45) is 0 Å². The Kier molecular flexibility index (Phi) is 3.50. The quantitative estimate of drug-likeness (QED) is 0.577. The van der Waals surface area contributed by atoms with E-state index in [2.05, 4.69) is 15.9 Å². The van der Waals surface area contributed by atoms with Crippen molar-refractivity contribution in [3.05, 3.63) is 39.3 Å². The van der Waals surface area contributed by atoms with Gasteiger partial charge in [0.15, 0.2) is 0 Å². The molecule has 0 radical (unpaired) electrons. The second-order valence-electron chi connectivity index (χ2n) is 2.13. The molecule has 0 N–H and O–H groups in total. The molecule has 0 amide bonds. The van der Waals surface area contributed by atoms with Gasteiger partial charge in [-0.05, 0) is 24.3 Å². The fourth-order valence-electron chi connectivity index (χ4n) is 0.805. The summed E-state index contributed by atoms with van der Waals surface area (Å²) in [5, 5.41) is 0.627. The number of benzene rings is 1. The Morgan fingerprint density at radius 2 is 2.17 bits per heavy atom. The van der Waals surface area contributed by atoms with Gasteiger partial charge in [0.1, 0.15) is 6.29 Å². The maximum atomic E-state index is 10.1. The van der Waals surface area contributed by atoms with E-state index in [0.717, 1.165) is 16.3 Å². The average Bonchev–Trinajstić information content (AvgIpc) is 2.04. The molecular formula is C9H6BrClO. The maximum absolute atomic E-state index is 10.1. The minimum Gasteiger partial charge on any atom is -0.299 e. The summed E-state index contributed by atoms with van der Waals surface area (Å²) in [6, 6.07) is 5.48. The second-order valence-corrected chi connectivity index (χ2v) is 3.39. The molecule has 0 fully saturated rings. The van der Waals surface area contributed by atoms with Gasteiger partial charge in [-0.25, -0.2) is 0 Å². The van der Waals surface area contributed by atoms with Crippen molar-refractivity contribution in [3.8, 4) is 0 Å². The van der Waals surface area contributed by atoms with E-state index in [9.17, 15) is 4.79 Å². The number of carbonyl (C=O) groups excluding carboxylic acids is 1. The molecule has 1 nitrogen and oxygen atoms in total. The Morgan fingerprint density at radius 1 is 1.42 bits per heavy atom. The summed E-state index contributed by atoms with van der Waals surface area (Å²) in [7, 11) is 0. The Balaban J connectivity index is 3.12. The Hall–Kier alpha value is -0.600. The van der Waals surface area contributed by atoms with E-state index in [4.69, 9.17) is 11.6 Å². The van der Waals surface area contributed by atoms with Crippen molar-refractivity contribution in [1.29, 1.82) is 0 Å². The Bertz CT molecular complexity index is 300. The molecule has 1 aromatic rings. The first-order valence-electron chi connectivity index (χ1n) is 3.31. The average molecular weight is 246 g/mol. The lowest BCUT2D eigenvalue weighted by molar-refractivity contribution is -0.104. The number of allylic oxidation sites excluding steroid dienone is 1. The zero-order valence-corrected chi connectivity index (χ0v) is 8.47. The van der Waals surface area contributed by atoms with E-state index in [1.807, 2.05) is 12.1 Å². The Labute approximate surface area is 84.2 Å². The summed E-state index contributed by atoms with van der Waals surface area (Å²) in [4.78, 5) is 10.1. The smallest absolute Gasteiger partial charge is 0.142 e. The standard InChI is InChI=1S/C9H6BrClO/c10-8-4-1-5-9(11)7(8)3-2-6-12/h1-6H. The minimum absolute atomic E-state index is 0.627. The molecule has 1 rings (SSSR count). The summed E-state index contributed by atoms with van der Waals surface area (Å²) in [5.74, 6) is 0. The number of hydrogen-bond donors (Lipinski definition) is 0. The van der Waals surface area contributed by atoms with Gasteiger partial charge in [-0.2, -0.15) is 0 Å². The van der Waals surface area contributed by atoms with Gasteiger partial charge in [-0.3, -0.25) is 4.79 Å². The van der Waals surface area contributed by atoms with Gasteiger partial charge >= 0.3 is 0 Å². The predicted octanol–water partition coefficient (Wildman–Crippen LogP) is 3.31. The summed E-state index contributed by atoms with van der Waals surface area (Å²) >= 11 is 9.19. The molecule has 0 saturated heterocycles. The minimum atomic E-state index is 0.627. The summed E-state index contributed by atoms with van der Waals surface area (Å²) in [6.07, 6.45) is 3.79. The molecule has 0 aromatic heterocycles. The van der Waals surface area contributed by atoms with Gasteiger partial charge in [0.2, 0.25) is 0 Å². The monoisotopic (exact) mass is 244 g/mol. The van der Waals surface area contributed by atoms with Crippen LogP contribution in [0.3, 0.4) is 0 Å². The van der Waals surface area contributed by atoms with Gasteiger partial charge in [0.25, 0.3) is 0 Å². The van der Waals surface area contributed by atoms with Crippen LogP contribution in [0.2, 0.25) is 5.02 Å². The van der Waals surface area contributed by atoms with Crippen molar-refractivity contribution in [2.75, 3.05) is 0 Å². The zero-order valence-electron chi connectivity index (χ0n) is 6.13. The van der Waals surface area contributed by atoms with Crippen LogP contribution in [-0.2, 0) is 4.79 Å². The lowest BCUT2D eigenvalue weighted by Crippen LogP contribution is -1.77. The van der Waals surface area contributed by atoms with Crippen LogP contribution >= 0.6 is 27.5 Å². The fourth-order valence-corrected chi connectivity index (χ4v) is 1.66. The van der Waals surface area contributed by atoms with E-state index in [1.165, 1.54) is 6.08 Å². The molecule has 0 bridgehead atoms. The third kappa shape index (κ3) is 2.19. The third-order valence-corrected chi connectivity index (χ3v) is 2.36. The first-order valence-corrected chi connectivity index (χ1v) is 4.48. The first kappa shape index (κ1) is 9.49. The molecule has 12 heavy (non-hydrogen) atoms. The van der Waals surface area contributed by atoms with Crippen LogP contribution in [-0.4, -0.2) is 6.29 Å². The number of carbonyl (C=O) groups is 1. The maximum Gasteiger partial charge on any atom is 0.142 e. The van der Waals surface area contributed by atoms with Crippen molar-refractivity contribution in [1.82, 2.24) is 0 Å². The second kappa shape index (κ2) is 4.43. The van der Waals surface area contributed by atoms with E-state index in [1.54, 1.807) is 12.1 Å². The molecule has 0 heterocycles. The molecule has 0 unspecified atom stereocenters. The van der Waals surface area contributed by atoms with Crippen LogP contribution in [0.1, 0.15) is 5.56 Å². The molecule has 1 aromatic carbocycles. The molecule has 0 spiro atoms. The van der Waals surface area contributed by atoms with Crippen molar-refractivity contribution in [3.63, 3.8) is 0 Å². The van der Waals surface area contributed by atoms with Crippen molar-refractivity contribution >= 4 is 39.9 Å². The number of halogens is 2. The van der Waals surface area contributed by atoms with E-state index < -0.39 is 0 Å². The lowest BCUT2D eigenvalue weighted by atomic mass is 10.2. The van der Waals surface area contributed by atoms with Crippen LogP contribution < -0.4 is 0 Å². The van der Waals surface area contributed by atoms with E-state index in [-0.39, 0.29) is 0 Å². The number of hydrogen-bond acceptors (Lipinski definition) is 1. The van der Waals surface area contributed by atoms with Gasteiger partial charge in [-0.15, -0.1) is 0 Å². The van der Waals surface area contributed by atoms with Crippen LogP contribution in [0.5, 0.6) is 0 Å². The van der Waals surface area contributed by atoms with Gasteiger partial charge in [0, 0.05) is 15.1 Å².